The summed E-state index contributed by atoms with van der Waals surface area (Å²) < 4.78 is 59.6. The van der Waals surface area contributed by atoms with Crippen LogP contribution in [0.5, 0.6) is 5.75 Å². The third kappa shape index (κ3) is 6.30. The highest BCUT2D eigenvalue weighted by molar-refractivity contribution is 7.70. The van der Waals surface area contributed by atoms with Crippen molar-refractivity contribution in [1.82, 2.24) is 4.90 Å². The van der Waals surface area contributed by atoms with Gasteiger partial charge in [-0.1, -0.05) is 24.0 Å². The van der Waals surface area contributed by atoms with E-state index in [2.05, 4.69) is 34.4 Å². The Morgan fingerprint density at radius 2 is 1.85 bits per heavy atom. The Labute approximate surface area is 237 Å². The number of piperidine rings is 1. The lowest BCUT2D eigenvalue weighted by atomic mass is 9.92. The van der Waals surface area contributed by atoms with Crippen molar-refractivity contribution in [3.8, 4) is 17.6 Å². The van der Waals surface area contributed by atoms with Crippen molar-refractivity contribution in [2.45, 2.75) is 31.5 Å². The van der Waals surface area contributed by atoms with E-state index in [1.165, 1.54) is 31.3 Å². The maximum atomic E-state index is 13.6. The fourth-order valence-electron chi connectivity index (χ4n) is 6.06. The molecule has 0 amide bonds. The van der Waals surface area contributed by atoms with Gasteiger partial charge < -0.3 is 24.8 Å². The fraction of sp³-hybridized carbons (Fsp3) is 0.467. The van der Waals surface area contributed by atoms with Crippen LogP contribution in [0.2, 0.25) is 0 Å². The highest BCUT2D eigenvalue weighted by atomic mass is 32.1. The van der Waals surface area contributed by atoms with Crippen molar-refractivity contribution in [3.63, 3.8) is 0 Å². The number of hydrogen-bond acceptors (Lipinski definition) is 6. The molecule has 5 nitrogen and oxygen atoms in total. The summed E-state index contributed by atoms with van der Waals surface area (Å²) in [4.78, 5) is 2.82. The van der Waals surface area contributed by atoms with Crippen LogP contribution in [0.25, 0.3) is 10.1 Å². The minimum atomic E-state index is -4.34. The van der Waals surface area contributed by atoms with Crippen LogP contribution in [-0.2, 0) is 11.0 Å². The first-order valence-corrected chi connectivity index (χ1v) is 16.9. The topological polar surface area (TPSA) is 53.6 Å². The first-order valence-electron chi connectivity index (χ1n) is 13.5. The van der Waals surface area contributed by atoms with Crippen molar-refractivity contribution in [3.05, 3.63) is 46.8 Å². The van der Waals surface area contributed by atoms with Gasteiger partial charge in [0.1, 0.15) is 12.9 Å². The predicted molar refractivity (Wildman–Crippen MR) is 160 cm³/mol. The summed E-state index contributed by atoms with van der Waals surface area (Å²) >= 11 is 1.33. The fourth-order valence-corrected chi connectivity index (χ4v) is 8.09. The molecule has 2 atom stereocenters. The second-order valence-electron chi connectivity index (χ2n) is 11.3. The Morgan fingerprint density at radius 1 is 1.12 bits per heavy atom. The number of thiophene rings is 1. The second-order valence-corrected chi connectivity index (χ2v) is 15.5. The third-order valence-corrected chi connectivity index (χ3v) is 10.6. The van der Waals surface area contributed by atoms with Gasteiger partial charge in [0.2, 0.25) is 0 Å². The van der Waals surface area contributed by atoms with E-state index in [1.807, 2.05) is 12.1 Å². The molecular weight excluding hydrogens is 554 g/mol. The number of hydrogen-bond donors (Lipinski definition) is 2. The molecule has 2 aromatic carbocycles. The molecule has 0 spiro atoms. The lowest BCUT2D eigenvalue weighted by Gasteiger charge is -2.37. The van der Waals surface area contributed by atoms with Gasteiger partial charge >= 0.3 is 6.18 Å². The van der Waals surface area contributed by atoms with E-state index in [1.54, 1.807) is 37.6 Å². The molecule has 0 radical (unpaired) electrons. The second kappa shape index (κ2) is 11.3. The maximum Gasteiger partial charge on any atom is 0.393 e. The molecule has 2 N–H and O–H groups in total. The smallest absolute Gasteiger partial charge is 0.393 e. The monoisotopic (exact) mass is 589 g/mol. The van der Waals surface area contributed by atoms with Gasteiger partial charge in [0, 0.05) is 24.4 Å². The molecular formula is C30H35F3N3O2PS. The number of fused-ring (bicyclic) bond motifs is 3. The van der Waals surface area contributed by atoms with E-state index in [0.717, 1.165) is 23.5 Å². The largest absolute Gasteiger partial charge is 0.495 e. The minimum absolute atomic E-state index is 0.218. The number of anilines is 2. The number of methoxy groups -OCH3 is 1. The molecule has 2 bridgehead atoms. The van der Waals surface area contributed by atoms with Gasteiger partial charge in [-0.05, 0) is 80.3 Å². The van der Waals surface area contributed by atoms with Crippen LogP contribution in [-0.4, -0.2) is 64.2 Å². The Morgan fingerprint density at radius 3 is 2.50 bits per heavy atom. The van der Waals surface area contributed by atoms with E-state index in [0.29, 0.717) is 44.9 Å². The number of likely N-dealkylation sites (tertiary alicyclic amines) is 1. The van der Waals surface area contributed by atoms with Crippen molar-refractivity contribution < 1.29 is 22.5 Å². The number of benzene rings is 2. The van der Waals surface area contributed by atoms with Gasteiger partial charge in [-0.3, -0.25) is 0 Å². The zero-order valence-electron chi connectivity index (χ0n) is 23.2. The Balaban J connectivity index is 1.41. The highest BCUT2D eigenvalue weighted by Crippen LogP contribution is 2.43. The van der Waals surface area contributed by atoms with Crippen molar-refractivity contribution >= 4 is 45.2 Å². The molecule has 214 valence electrons. The van der Waals surface area contributed by atoms with Crippen LogP contribution in [0.3, 0.4) is 0 Å². The van der Waals surface area contributed by atoms with Gasteiger partial charge in [0.15, 0.2) is 0 Å². The Bertz CT molecular complexity index is 1490. The third-order valence-electron chi connectivity index (χ3n) is 7.91. The van der Waals surface area contributed by atoms with Crippen LogP contribution in [0.4, 0.5) is 24.5 Å². The normalized spacial score (nSPS) is 21.2. The SMILES string of the molecule is COc1cc(P(C)(C)=O)ccc1NCC#Cc1sc2c(NC3C4CCC3CN(C)C4)cccc2c1CC(F)(F)F. The van der Waals surface area contributed by atoms with E-state index in [-0.39, 0.29) is 12.1 Å². The van der Waals surface area contributed by atoms with Crippen molar-refractivity contribution in [2.75, 3.05) is 57.8 Å². The number of ether oxygens (including phenoxy) is 1. The van der Waals surface area contributed by atoms with Crippen LogP contribution in [0.1, 0.15) is 23.3 Å². The number of halogens is 3. The molecule has 1 saturated heterocycles. The molecule has 1 aliphatic heterocycles. The molecule has 2 heterocycles. The van der Waals surface area contributed by atoms with E-state index < -0.39 is 19.7 Å². The molecule has 10 heteroatoms. The quantitative estimate of drug-likeness (QED) is 0.244. The summed E-state index contributed by atoms with van der Waals surface area (Å²) in [6.45, 7) is 5.70. The van der Waals surface area contributed by atoms with Crippen LogP contribution in [0.15, 0.2) is 36.4 Å². The van der Waals surface area contributed by atoms with Crippen molar-refractivity contribution in [1.29, 1.82) is 0 Å². The van der Waals surface area contributed by atoms with Crippen molar-refractivity contribution in [2.24, 2.45) is 11.8 Å². The number of nitrogens with one attached hydrogen (secondary N) is 2. The minimum Gasteiger partial charge on any atom is -0.495 e. The van der Waals surface area contributed by atoms with E-state index >= 15 is 0 Å². The van der Waals surface area contributed by atoms with Crippen LogP contribution in [0, 0.1) is 23.7 Å². The molecule has 40 heavy (non-hydrogen) atoms. The van der Waals surface area contributed by atoms with Crippen LogP contribution >= 0.6 is 18.5 Å². The Kier molecular flexibility index (Phi) is 8.16. The summed E-state index contributed by atoms with van der Waals surface area (Å²) in [6, 6.07) is 11.3. The zero-order chi connectivity index (χ0) is 28.7. The molecule has 1 aliphatic carbocycles. The molecule has 5 rings (SSSR count). The molecule has 2 aliphatic rings. The molecule has 3 aromatic rings. The summed E-state index contributed by atoms with van der Waals surface area (Å²) in [5.74, 6) is 7.67. The Hall–Kier alpha value is -2.66. The van der Waals surface area contributed by atoms with Gasteiger partial charge in [-0.25, -0.2) is 0 Å². The van der Waals surface area contributed by atoms with Gasteiger partial charge in [-0.15, -0.1) is 11.3 Å². The maximum absolute atomic E-state index is 13.6. The summed E-state index contributed by atoms with van der Waals surface area (Å²) in [6.07, 6.45) is -3.00. The summed E-state index contributed by atoms with van der Waals surface area (Å²) in [7, 11) is 1.25. The van der Waals surface area contributed by atoms with Gasteiger partial charge in [-0.2, -0.15) is 13.2 Å². The predicted octanol–water partition coefficient (Wildman–Crippen LogP) is 6.48. The van der Waals surface area contributed by atoms with E-state index in [4.69, 9.17) is 4.74 Å². The molecule has 1 saturated carbocycles. The summed E-state index contributed by atoms with van der Waals surface area (Å²) in [5, 5.41) is 8.24. The number of rotatable bonds is 7. The van der Waals surface area contributed by atoms with Crippen LogP contribution < -0.4 is 20.7 Å². The lowest BCUT2D eigenvalue weighted by molar-refractivity contribution is -0.126. The van der Waals surface area contributed by atoms with Gasteiger partial charge in [0.05, 0.1) is 41.0 Å². The first kappa shape index (κ1) is 28.9. The zero-order valence-corrected chi connectivity index (χ0v) is 24.9. The number of nitrogens with zero attached hydrogens (tertiary/aromatic N) is 1. The average Bonchev–Trinajstić information content (AvgIpc) is 3.33. The van der Waals surface area contributed by atoms with E-state index in [9.17, 15) is 17.7 Å². The van der Waals surface area contributed by atoms with Gasteiger partial charge in [0.25, 0.3) is 0 Å². The highest BCUT2D eigenvalue weighted by Gasteiger charge is 2.41. The lowest BCUT2D eigenvalue weighted by Crippen LogP contribution is -2.46. The summed E-state index contributed by atoms with van der Waals surface area (Å²) in [5.41, 5.74) is 1.82. The molecule has 2 fully saturated rings. The molecule has 2 unspecified atom stereocenters. The number of alkyl halides is 3. The molecule has 1 aromatic heterocycles. The first-order chi connectivity index (χ1) is 18.9. The standard InChI is InChI=1S/C30H35F3N3O2PS/c1-36-17-19-10-11-20(18-36)28(19)35-25-8-5-7-22-23(16-30(31,32)33)27(40-29(22)25)9-6-14-34-24-13-12-21(39(3,4)37)15-26(24)38-2/h5,7-8,12-13,15,19-20,28,34-35H,10-11,14,16-18H2,1-4H3. The average molecular weight is 590 g/mol.